The average Bonchev–Trinajstić information content (AvgIpc) is 3.21. The highest BCUT2D eigenvalue weighted by Gasteiger charge is 2.61. The molecule has 0 amide bonds. The number of thiophene rings is 1. The van der Waals surface area contributed by atoms with Crippen molar-refractivity contribution < 1.29 is 36.2 Å². The zero-order valence-electron chi connectivity index (χ0n) is 17.1. The van der Waals surface area contributed by atoms with Gasteiger partial charge in [0.1, 0.15) is 4.75 Å². The molecule has 13 heteroatoms. The van der Waals surface area contributed by atoms with Gasteiger partial charge in [-0.15, -0.1) is 11.3 Å². The molecular weight excluding hydrogens is 471 g/mol. The maximum Gasteiger partial charge on any atom is 0.490 e. The van der Waals surface area contributed by atoms with Crippen LogP contribution >= 0.6 is 11.3 Å². The van der Waals surface area contributed by atoms with Crippen LogP contribution in [-0.4, -0.2) is 70.7 Å². The molecule has 1 unspecified atom stereocenters. The van der Waals surface area contributed by atoms with Crippen LogP contribution in [0.5, 0.6) is 6.01 Å². The molecule has 2 aliphatic heterocycles. The van der Waals surface area contributed by atoms with Gasteiger partial charge in [0.2, 0.25) is 0 Å². The maximum atomic E-state index is 12.7. The smallest absolute Gasteiger partial charge is 0.475 e. The Hall–Kier alpha value is -2.25. The summed E-state index contributed by atoms with van der Waals surface area (Å²) in [4.78, 5) is 21.8. The van der Waals surface area contributed by atoms with Gasteiger partial charge in [0.15, 0.2) is 9.84 Å². The van der Waals surface area contributed by atoms with Crippen LogP contribution in [0.1, 0.15) is 16.2 Å². The minimum absolute atomic E-state index is 0.00243. The topological polar surface area (TPSA) is 110 Å². The number of aryl methyl sites for hydroxylation is 1. The number of likely N-dealkylation sites (tertiary alicyclic amines) is 1. The summed E-state index contributed by atoms with van der Waals surface area (Å²) in [5.74, 6) is -2.50. The van der Waals surface area contributed by atoms with Gasteiger partial charge in [0.25, 0.3) is 0 Å². The van der Waals surface area contributed by atoms with Crippen molar-refractivity contribution in [2.45, 2.75) is 30.8 Å². The van der Waals surface area contributed by atoms with Crippen LogP contribution < -0.4 is 4.74 Å². The standard InChI is InChI=1S/C17H21N3O3S2.C2HF3O2/c1-13-3-4-15(24-13)9-20-11-17(12-20)14(5-8-25(17,21)22)10-23-16-18-6-2-7-19-16;3-2(4,5)1(6)7/h2-4,6-7,14H,5,8-12H2,1H3;(H,6,7). The normalized spacial score (nSPS) is 21.4. The van der Waals surface area contributed by atoms with Crippen LogP contribution in [0, 0.1) is 12.8 Å². The fourth-order valence-electron chi connectivity index (χ4n) is 3.86. The average molecular weight is 494 g/mol. The van der Waals surface area contributed by atoms with E-state index < -0.39 is 26.7 Å². The number of carboxylic acids is 1. The highest BCUT2D eigenvalue weighted by molar-refractivity contribution is 7.93. The Labute approximate surface area is 187 Å². The molecule has 4 heterocycles. The second-order valence-electron chi connectivity index (χ2n) is 7.67. The Balaban J connectivity index is 0.000000360. The zero-order valence-corrected chi connectivity index (χ0v) is 18.7. The van der Waals surface area contributed by atoms with Crippen LogP contribution in [0.25, 0.3) is 0 Å². The lowest BCUT2D eigenvalue weighted by atomic mass is 9.83. The molecule has 4 rings (SSSR count). The minimum atomic E-state index is -5.08. The van der Waals surface area contributed by atoms with Crippen molar-refractivity contribution in [2.24, 2.45) is 5.92 Å². The summed E-state index contributed by atoms with van der Waals surface area (Å²) in [7, 11) is -3.08. The first kappa shape index (κ1) is 24.4. The number of nitrogens with zero attached hydrogens (tertiary/aromatic N) is 3. The molecule has 0 bridgehead atoms. The number of hydrogen-bond acceptors (Lipinski definition) is 8. The van der Waals surface area contributed by atoms with E-state index in [-0.39, 0.29) is 11.7 Å². The molecule has 0 radical (unpaired) electrons. The predicted molar refractivity (Wildman–Crippen MR) is 110 cm³/mol. The number of ether oxygens (including phenoxy) is 1. The molecule has 2 saturated heterocycles. The van der Waals surface area contributed by atoms with Crippen molar-refractivity contribution in [1.29, 1.82) is 0 Å². The lowest BCUT2D eigenvalue weighted by Gasteiger charge is -2.49. The molecule has 2 aromatic heterocycles. The Morgan fingerprint density at radius 3 is 2.47 bits per heavy atom. The number of sulfone groups is 1. The molecular formula is C19H22F3N3O5S2. The largest absolute Gasteiger partial charge is 0.490 e. The van der Waals surface area contributed by atoms with Crippen LogP contribution in [0.2, 0.25) is 0 Å². The fraction of sp³-hybridized carbons (Fsp3) is 0.526. The summed E-state index contributed by atoms with van der Waals surface area (Å²) < 4.78 is 62.1. The van der Waals surface area contributed by atoms with Crippen molar-refractivity contribution in [1.82, 2.24) is 14.9 Å². The van der Waals surface area contributed by atoms with Gasteiger partial charge >= 0.3 is 18.2 Å². The lowest BCUT2D eigenvalue weighted by Crippen LogP contribution is -2.67. The van der Waals surface area contributed by atoms with Crippen LogP contribution in [-0.2, 0) is 21.2 Å². The SMILES string of the molecule is Cc1ccc(CN2CC3(C2)C(COc2ncccn2)CCS3(=O)=O)s1.O=C(O)C(F)(F)F. The molecule has 2 aromatic rings. The Morgan fingerprint density at radius 2 is 1.94 bits per heavy atom. The number of rotatable bonds is 5. The molecule has 0 aromatic carbocycles. The number of aromatic nitrogens is 2. The van der Waals surface area contributed by atoms with E-state index in [0.29, 0.717) is 32.1 Å². The number of halogens is 3. The fourth-order valence-corrected chi connectivity index (χ4v) is 7.24. The van der Waals surface area contributed by atoms with Gasteiger partial charge in [-0.05, 0) is 31.5 Å². The van der Waals surface area contributed by atoms with E-state index in [2.05, 4.69) is 33.9 Å². The number of carboxylic acid groups (broad SMARTS) is 1. The molecule has 8 nitrogen and oxygen atoms in total. The van der Waals surface area contributed by atoms with Crippen molar-refractivity contribution >= 4 is 27.1 Å². The van der Waals surface area contributed by atoms with E-state index in [4.69, 9.17) is 14.6 Å². The highest BCUT2D eigenvalue weighted by atomic mass is 32.2. The lowest BCUT2D eigenvalue weighted by molar-refractivity contribution is -0.192. The molecule has 1 N–H and O–H groups in total. The summed E-state index contributed by atoms with van der Waals surface area (Å²) in [6.07, 6.45) is -1.18. The van der Waals surface area contributed by atoms with Crippen LogP contribution in [0.4, 0.5) is 13.2 Å². The molecule has 0 saturated carbocycles. The minimum Gasteiger partial charge on any atom is -0.475 e. The second-order valence-corrected chi connectivity index (χ2v) is 11.5. The quantitative estimate of drug-likeness (QED) is 0.677. The van der Waals surface area contributed by atoms with Gasteiger partial charge in [0.05, 0.1) is 12.4 Å². The van der Waals surface area contributed by atoms with E-state index in [1.165, 1.54) is 9.75 Å². The van der Waals surface area contributed by atoms with Gasteiger partial charge in [-0.1, -0.05) is 0 Å². The summed E-state index contributed by atoms with van der Waals surface area (Å²) >= 11 is 1.77. The number of alkyl halides is 3. The predicted octanol–water partition coefficient (Wildman–Crippen LogP) is 2.55. The molecule has 2 aliphatic rings. The van der Waals surface area contributed by atoms with Crippen molar-refractivity contribution in [3.63, 3.8) is 0 Å². The van der Waals surface area contributed by atoms with E-state index in [1.807, 2.05) is 0 Å². The Bertz CT molecular complexity index is 1040. The van der Waals surface area contributed by atoms with E-state index in [1.54, 1.807) is 29.8 Å². The van der Waals surface area contributed by atoms with E-state index >= 15 is 0 Å². The first-order valence-electron chi connectivity index (χ1n) is 9.63. The summed E-state index contributed by atoms with van der Waals surface area (Å²) in [6.45, 7) is 4.46. The van der Waals surface area contributed by atoms with Gasteiger partial charge in [-0.2, -0.15) is 13.2 Å². The monoisotopic (exact) mass is 493 g/mol. The third kappa shape index (κ3) is 5.38. The zero-order chi connectivity index (χ0) is 23.6. The summed E-state index contributed by atoms with van der Waals surface area (Å²) in [5, 5.41) is 7.12. The molecule has 1 atom stereocenters. The molecule has 0 aliphatic carbocycles. The number of carbonyl (C=O) groups is 1. The number of aliphatic carboxylic acids is 1. The summed E-state index contributed by atoms with van der Waals surface area (Å²) in [5.41, 5.74) is 0. The van der Waals surface area contributed by atoms with E-state index in [9.17, 15) is 21.6 Å². The van der Waals surface area contributed by atoms with Crippen molar-refractivity contribution in [2.75, 3.05) is 25.4 Å². The first-order valence-corrected chi connectivity index (χ1v) is 12.1. The highest BCUT2D eigenvalue weighted by Crippen LogP contribution is 2.45. The first-order chi connectivity index (χ1) is 14.9. The maximum absolute atomic E-state index is 12.7. The molecule has 2 fully saturated rings. The number of hydrogen-bond donors (Lipinski definition) is 1. The van der Waals surface area contributed by atoms with Gasteiger partial charge in [0, 0.05) is 47.7 Å². The molecule has 1 spiro atoms. The van der Waals surface area contributed by atoms with E-state index in [0.717, 1.165) is 6.54 Å². The molecule has 32 heavy (non-hydrogen) atoms. The third-order valence-electron chi connectivity index (χ3n) is 5.45. The molecule has 176 valence electrons. The van der Waals surface area contributed by atoms with Crippen molar-refractivity contribution in [3.8, 4) is 6.01 Å². The summed E-state index contributed by atoms with van der Waals surface area (Å²) in [6, 6.07) is 6.27. The van der Waals surface area contributed by atoms with Crippen LogP contribution in [0.15, 0.2) is 30.6 Å². The second kappa shape index (κ2) is 9.32. The van der Waals surface area contributed by atoms with Gasteiger partial charge in [-0.3, -0.25) is 4.90 Å². The third-order valence-corrected chi connectivity index (χ3v) is 9.04. The Morgan fingerprint density at radius 1 is 1.31 bits per heavy atom. The Kier molecular flexibility index (Phi) is 7.10. The van der Waals surface area contributed by atoms with Gasteiger partial charge < -0.3 is 9.84 Å². The van der Waals surface area contributed by atoms with Crippen LogP contribution in [0.3, 0.4) is 0 Å². The van der Waals surface area contributed by atoms with Gasteiger partial charge in [-0.25, -0.2) is 23.2 Å². The van der Waals surface area contributed by atoms with Crippen molar-refractivity contribution in [3.05, 3.63) is 40.3 Å².